The van der Waals surface area contributed by atoms with Crippen LogP contribution in [0.4, 0.5) is 14.9 Å². The molecule has 1 aromatic carbocycles. The van der Waals surface area contributed by atoms with Gasteiger partial charge in [-0.05, 0) is 24.1 Å². The van der Waals surface area contributed by atoms with Crippen LogP contribution >= 0.6 is 11.6 Å². The lowest BCUT2D eigenvalue weighted by Crippen LogP contribution is -2.42. The molecular weight excluding hydrogens is 287 g/mol. The zero-order chi connectivity index (χ0) is 15.3. The van der Waals surface area contributed by atoms with Crippen LogP contribution in [0.5, 0.6) is 0 Å². The molecule has 0 aliphatic rings. The Balaban J connectivity index is 2.65. The van der Waals surface area contributed by atoms with Crippen LogP contribution in [0.25, 0.3) is 0 Å². The molecule has 0 spiro atoms. The van der Waals surface area contributed by atoms with E-state index in [-0.39, 0.29) is 23.0 Å². The Morgan fingerprint density at radius 2 is 2.05 bits per heavy atom. The number of carboxylic acid groups (broad SMARTS) is 1. The number of carbonyl (C=O) groups is 2. The Morgan fingerprint density at radius 1 is 1.40 bits per heavy atom. The number of benzene rings is 1. The van der Waals surface area contributed by atoms with E-state index in [2.05, 4.69) is 10.6 Å². The van der Waals surface area contributed by atoms with Crippen LogP contribution in [-0.2, 0) is 4.79 Å². The molecule has 110 valence electrons. The van der Waals surface area contributed by atoms with Crippen molar-refractivity contribution in [2.45, 2.75) is 26.3 Å². The van der Waals surface area contributed by atoms with Crippen LogP contribution in [0, 0.1) is 11.7 Å². The predicted octanol–water partition coefficient (Wildman–Crippen LogP) is 3.10. The van der Waals surface area contributed by atoms with Crippen LogP contribution in [0.15, 0.2) is 18.2 Å². The Hall–Kier alpha value is -1.82. The van der Waals surface area contributed by atoms with Crippen LogP contribution < -0.4 is 10.6 Å². The van der Waals surface area contributed by atoms with Crippen LogP contribution in [0.3, 0.4) is 0 Å². The lowest BCUT2D eigenvalue weighted by atomic mass is 10.0. The molecule has 2 amide bonds. The van der Waals surface area contributed by atoms with Crippen LogP contribution in [-0.4, -0.2) is 23.1 Å². The maximum absolute atomic E-state index is 13.2. The molecule has 0 aliphatic heterocycles. The fourth-order valence-electron chi connectivity index (χ4n) is 1.55. The Bertz CT molecular complexity index is 508. The summed E-state index contributed by atoms with van der Waals surface area (Å²) >= 11 is 5.53. The zero-order valence-electron chi connectivity index (χ0n) is 11.1. The van der Waals surface area contributed by atoms with Gasteiger partial charge < -0.3 is 15.7 Å². The molecule has 0 radical (unpaired) electrons. The molecule has 0 saturated heterocycles. The summed E-state index contributed by atoms with van der Waals surface area (Å²) in [6.07, 6.45) is -0.180. The van der Waals surface area contributed by atoms with Gasteiger partial charge in [0.15, 0.2) is 0 Å². The van der Waals surface area contributed by atoms with Crippen molar-refractivity contribution in [2.75, 3.05) is 5.32 Å². The molecule has 1 unspecified atom stereocenters. The van der Waals surface area contributed by atoms with Crippen molar-refractivity contribution in [3.05, 3.63) is 29.0 Å². The molecular formula is C13H16ClFN2O3. The van der Waals surface area contributed by atoms with Gasteiger partial charge in [0.25, 0.3) is 0 Å². The summed E-state index contributed by atoms with van der Waals surface area (Å²) in [5, 5.41) is 13.7. The molecule has 0 bridgehead atoms. The lowest BCUT2D eigenvalue weighted by molar-refractivity contribution is -0.137. The molecule has 0 aromatic heterocycles. The second-order valence-electron chi connectivity index (χ2n) is 4.68. The summed E-state index contributed by atoms with van der Waals surface area (Å²) in [5.74, 6) is -1.68. The van der Waals surface area contributed by atoms with E-state index in [9.17, 15) is 14.0 Å². The third kappa shape index (κ3) is 5.05. The topological polar surface area (TPSA) is 78.4 Å². The number of rotatable bonds is 5. The molecule has 3 N–H and O–H groups in total. The fourth-order valence-corrected chi connectivity index (χ4v) is 1.67. The molecule has 0 saturated carbocycles. The molecule has 0 fully saturated rings. The van der Waals surface area contributed by atoms with E-state index >= 15 is 0 Å². The van der Waals surface area contributed by atoms with Gasteiger partial charge in [-0.25, -0.2) is 9.18 Å². The Labute approximate surface area is 121 Å². The van der Waals surface area contributed by atoms with Crippen molar-refractivity contribution >= 4 is 29.3 Å². The van der Waals surface area contributed by atoms with Crippen molar-refractivity contribution in [2.24, 2.45) is 5.92 Å². The van der Waals surface area contributed by atoms with Gasteiger partial charge in [-0.2, -0.15) is 0 Å². The summed E-state index contributed by atoms with van der Waals surface area (Å²) in [6, 6.07) is 2.76. The summed E-state index contributed by atoms with van der Waals surface area (Å²) in [5.41, 5.74) is 0.238. The van der Waals surface area contributed by atoms with E-state index in [1.54, 1.807) is 13.8 Å². The Morgan fingerprint density at radius 3 is 2.55 bits per heavy atom. The lowest BCUT2D eigenvalue weighted by Gasteiger charge is -2.20. The number of hydrogen-bond acceptors (Lipinski definition) is 2. The number of carboxylic acids is 1. The molecule has 0 aliphatic carbocycles. The summed E-state index contributed by atoms with van der Waals surface area (Å²) in [4.78, 5) is 22.4. The highest BCUT2D eigenvalue weighted by Gasteiger charge is 2.19. The number of hydrogen-bond donors (Lipinski definition) is 3. The highest BCUT2D eigenvalue weighted by molar-refractivity contribution is 6.30. The van der Waals surface area contributed by atoms with E-state index in [0.717, 1.165) is 6.07 Å². The van der Waals surface area contributed by atoms with Crippen molar-refractivity contribution < 1.29 is 19.1 Å². The van der Waals surface area contributed by atoms with E-state index in [4.69, 9.17) is 16.7 Å². The fraction of sp³-hybridized carbons (Fsp3) is 0.385. The van der Waals surface area contributed by atoms with E-state index in [0.29, 0.717) is 0 Å². The molecule has 0 heterocycles. The van der Waals surface area contributed by atoms with Gasteiger partial charge in [-0.15, -0.1) is 0 Å². The normalized spacial score (nSPS) is 12.1. The zero-order valence-corrected chi connectivity index (χ0v) is 11.9. The third-order valence-corrected chi connectivity index (χ3v) is 3.00. The monoisotopic (exact) mass is 302 g/mol. The second kappa shape index (κ2) is 7.09. The first kappa shape index (κ1) is 16.2. The van der Waals surface area contributed by atoms with E-state index < -0.39 is 23.9 Å². The van der Waals surface area contributed by atoms with Crippen molar-refractivity contribution in [1.82, 2.24) is 5.32 Å². The minimum Gasteiger partial charge on any atom is -0.481 e. The van der Waals surface area contributed by atoms with Crippen molar-refractivity contribution in [3.63, 3.8) is 0 Å². The SMILES string of the molecule is CC(C)C(CC(=O)O)NC(=O)Nc1ccc(Cl)c(F)c1. The highest BCUT2D eigenvalue weighted by atomic mass is 35.5. The molecule has 20 heavy (non-hydrogen) atoms. The average molecular weight is 303 g/mol. The number of anilines is 1. The highest BCUT2D eigenvalue weighted by Crippen LogP contribution is 2.18. The largest absolute Gasteiger partial charge is 0.481 e. The molecule has 5 nitrogen and oxygen atoms in total. The van der Waals surface area contributed by atoms with Crippen LogP contribution in [0.2, 0.25) is 5.02 Å². The van der Waals surface area contributed by atoms with Gasteiger partial charge >= 0.3 is 12.0 Å². The number of nitrogens with one attached hydrogen (secondary N) is 2. The maximum atomic E-state index is 13.2. The van der Waals surface area contributed by atoms with Crippen molar-refractivity contribution in [3.8, 4) is 0 Å². The predicted molar refractivity (Wildman–Crippen MR) is 74.4 cm³/mol. The van der Waals surface area contributed by atoms with Crippen molar-refractivity contribution in [1.29, 1.82) is 0 Å². The van der Waals surface area contributed by atoms with Gasteiger partial charge in [0, 0.05) is 11.7 Å². The number of aliphatic carboxylic acids is 1. The first-order valence-electron chi connectivity index (χ1n) is 6.04. The third-order valence-electron chi connectivity index (χ3n) is 2.69. The molecule has 1 aromatic rings. The van der Waals surface area contributed by atoms with Gasteiger partial charge in [0.05, 0.1) is 11.4 Å². The number of urea groups is 1. The van der Waals surface area contributed by atoms with Gasteiger partial charge in [0.1, 0.15) is 5.82 Å². The summed E-state index contributed by atoms with van der Waals surface area (Å²) in [6.45, 7) is 3.60. The summed E-state index contributed by atoms with van der Waals surface area (Å²) in [7, 11) is 0. The molecule has 7 heteroatoms. The van der Waals surface area contributed by atoms with Crippen LogP contribution in [0.1, 0.15) is 20.3 Å². The number of amides is 2. The number of carbonyl (C=O) groups excluding carboxylic acids is 1. The smallest absolute Gasteiger partial charge is 0.319 e. The average Bonchev–Trinajstić information content (AvgIpc) is 2.32. The minimum absolute atomic E-state index is 0.0399. The maximum Gasteiger partial charge on any atom is 0.319 e. The van der Waals surface area contributed by atoms with E-state index in [1.807, 2.05) is 0 Å². The quantitative estimate of drug-likeness (QED) is 0.782. The minimum atomic E-state index is -0.999. The standard InChI is InChI=1S/C13H16ClFN2O3/c1-7(2)11(6-12(18)19)17-13(20)16-8-3-4-9(14)10(15)5-8/h3-5,7,11H,6H2,1-2H3,(H,18,19)(H2,16,17,20). The second-order valence-corrected chi connectivity index (χ2v) is 5.08. The van der Waals surface area contributed by atoms with Gasteiger partial charge in [-0.1, -0.05) is 25.4 Å². The van der Waals surface area contributed by atoms with E-state index in [1.165, 1.54) is 12.1 Å². The van der Waals surface area contributed by atoms with Gasteiger partial charge in [-0.3, -0.25) is 4.79 Å². The first-order chi connectivity index (χ1) is 9.29. The Kier molecular flexibility index (Phi) is 5.76. The number of halogens is 2. The molecule has 1 rings (SSSR count). The molecule has 1 atom stereocenters. The van der Waals surface area contributed by atoms with Gasteiger partial charge in [0.2, 0.25) is 0 Å². The first-order valence-corrected chi connectivity index (χ1v) is 6.41. The summed E-state index contributed by atoms with van der Waals surface area (Å²) < 4.78 is 13.2.